The van der Waals surface area contributed by atoms with Crippen molar-refractivity contribution in [2.45, 2.75) is 9.79 Å². The molecule has 0 radical (unpaired) electrons. The van der Waals surface area contributed by atoms with Crippen molar-refractivity contribution >= 4 is 19.9 Å². The Bertz CT molecular complexity index is 1120. The van der Waals surface area contributed by atoms with Crippen LogP contribution >= 0.6 is 0 Å². The zero-order valence-corrected chi connectivity index (χ0v) is 14.5. The molecule has 7 nitrogen and oxygen atoms in total. The standard InChI is InChI=1S/C15H12FN3O4S2/c1-24(20,21)13-6-8-14(9-7-13)25(22,23)19-10-17-15(18-19)11-2-4-12(16)5-3-11/h2-10H,1H3. The number of aromatic nitrogens is 3. The van der Waals surface area contributed by atoms with E-state index in [1.54, 1.807) is 0 Å². The number of benzene rings is 2. The van der Waals surface area contributed by atoms with Gasteiger partial charge in [-0.3, -0.25) is 0 Å². The van der Waals surface area contributed by atoms with Crippen LogP contribution in [0.2, 0.25) is 0 Å². The molecule has 0 saturated carbocycles. The van der Waals surface area contributed by atoms with E-state index in [4.69, 9.17) is 0 Å². The van der Waals surface area contributed by atoms with Crippen molar-refractivity contribution < 1.29 is 21.2 Å². The summed E-state index contributed by atoms with van der Waals surface area (Å²) in [6.07, 6.45) is 2.06. The van der Waals surface area contributed by atoms with Gasteiger partial charge in [-0.15, -0.1) is 9.19 Å². The van der Waals surface area contributed by atoms with Crippen LogP contribution in [0.1, 0.15) is 0 Å². The highest BCUT2D eigenvalue weighted by molar-refractivity contribution is 7.91. The molecule has 0 saturated heterocycles. The normalized spacial score (nSPS) is 12.2. The smallest absolute Gasteiger partial charge is 0.224 e. The molecule has 0 aliphatic heterocycles. The van der Waals surface area contributed by atoms with Crippen LogP contribution in [-0.2, 0) is 19.9 Å². The van der Waals surface area contributed by atoms with Crippen LogP contribution in [0.4, 0.5) is 4.39 Å². The predicted molar refractivity (Wildman–Crippen MR) is 87.6 cm³/mol. The van der Waals surface area contributed by atoms with Crippen LogP contribution < -0.4 is 0 Å². The molecule has 130 valence electrons. The Morgan fingerprint density at radius 1 is 0.880 bits per heavy atom. The summed E-state index contributed by atoms with van der Waals surface area (Å²) in [5.74, 6) is -0.307. The van der Waals surface area contributed by atoms with Gasteiger partial charge in [0.1, 0.15) is 12.1 Å². The van der Waals surface area contributed by atoms with Crippen LogP contribution in [0.25, 0.3) is 11.4 Å². The fourth-order valence-electron chi connectivity index (χ4n) is 2.06. The van der Waals surface area contributed by atoms with Gasteiger partial charge in [-0.2, -0.15) is 8.42 Å². The summed E-state index contributed by atoms with van der Waals surface area (Å²) in [5, 5.41) is 3.91. The lowest BCUT2D eigenvalue weighted by Crippen LogP contribution is -2.14. The maximum atomic E-state index is 12.9. The molecule has 0 spiro atoms. The fraction of sp³-hybridized carbons (Fsp3) is 0.0667. The molecule has 0 amide bonds. The van der Waals surface area contributed by atoms with E-state index in [0.717, 1.165) is 12.6 Å². The van der Waals surface area contributed by atoms with Crippen molar-refractivity contribution in [3.05, 3.63) is 60.7 Å². The first kappa shape index (κ1) is 17.2. The Kier molecular flexibility index (Phi) is 4.17. The molecule has 2 aromatic carbocycles. The van der Waals surface area contributed by atoms with E-state index < -0.39 is 25.7 Å². The zero-order chi connectivity index (χ0) is 18.2. The molecule has 0 aliphatic rings. The van der Waals surface area contributed by atoms with Gasteiger partial charge in [-0.1, -0.05) is 0 Å². The van der Waals surface area contributed by atoms with E-state index >= 15 is 0 Å². The number of hydrogen-bond acceptors (Lipinski definition) is 6. The highest BCUT2D eigenvalue weighted by Gasteiger charge is 2.20. The highest BCUT2D eigenvalue weighted by atomic mass is 32.2. The van der Waals surface area contributed by atoms with Gasteiger partial charge < -0.3 is 0 Å². The number of sulfone groups is 1. The molecule has 3 aromatic rings. The number of nitrogens with zero attached hydrogens (tertiary/aromatic N) is 3. The molecule has 0 aliphatic carbocycles. The Labute approximate surface area is 143 Å². The fourth-order valence-corrected chi connectivity index (χ4v) is 3.75. The molecule has 25 heavy (non-hydrogen) atoms. The minimum absolute atomic E-state index is 0.0111. The van der Waals surface area contributed by atoms with Gasteiger partial charge in [0.2, 0.25) is 0 Å². The number of rotatable bonds is 4. The molecular weight excluding hydrogens is 369 g/mol. The van der Waals surface area contributed by atoms with Crippen LogP contribution in [0.3, 0.4) is 0 Å². The highest BCUT2D eigenvalue weighted by Crippen LogP contribution is 2.19. The maximum Gasteiger partial charge on any atom is 0.284 e. The Hall–Kier alpha value is -2.59. The minimum atomic E-state index is -4.02. The average molecular weight is 381 g/mol. The van der Waals surface area contributed by atoms with E-state index in [9.17, 15) is 21.2 Å². The summed E-state index contributed by atoms with van der Waals surface area (Å²) < 4.78 is 61.6. The van der Waals surface area contributed by atoms with Crippen LogP contribution in [0.15, 0.2) is 64.6 Å². The predicted octanol–water partition coefficient (Wildman–Crippen LogP) is 1.72. The molecule has 10 heteroatoms. The molecule has 1 heterocycles. The largest absolute Gasteiger partial charge is 0.284 e. The first-order valence-corrected chi connectivity index (χ1v) is 10.2. The Morgan fingerprint density at radius 3 is 2.00 bits per heavy atom. The molecular formula is C15H12FN3O4S2. The molecule has 1 aromatic heterocycles. The van der Waals surface area contributed by atoms with Gasteiger partial charge in [0, 0.05) is 11.8 Å². The first-order valence-electron chi connectivity index (χ1n) is 6.91. The van der Waals surface area contributed by atoms with Crippen molar-refractivity contribution in [2.24, 2.45) is 0 Å². The molecule has 0 bridgehead atoms. The van der Waals surface area contributed by atoms with Crippen LogP contribution in [0.5, 0.6) is 0 Å². The lowest BCUT2D eigenvalue weighted by atomic mass is 10.2. The topological polar surface area (TPSA) is 99.0 Å². The van der Waals surface area contributed by atoms with Crippen LogP contribution in [-0.4, -0.2) is 37.3 Å². The SMILES string of the molecule is CS(=O)(=O)c1ccc(S(=O)(=O)n2cnc(-c3ccc(F)cc3)n2)cc1. The lowest BCUT2D eigenvalue weighted by Gasteiger charge is -2.04. The van der Waals surface area contributed by atoms with Gasteiger partial charge in [0.15, 0.2) is 15.7 Å². The summed E-state index contributed by atoms with van der Waals surface area (Å²) in [4.78, 5) is 3.80. The van der Waals surface area contributed by atoms with Crippen molar-refractivity contribution in [3.63, 3.8) is 0 Å². The van der Waals surface area contributed by atoms with E-state index in [2.05, 4.69) is 10.1 Å². The van der Waals surface area contributed by atoms with E-state index in [0.29, 0.717) is 9.65 Å². The number of hydrogen-bond donors (Lipinski definition) is 0. The van der Waals surface area contributed by atoms with Gasteiger partial charge >= 0.3 is 0 Å². The second-order valence-electron chi connectivity index (χ2n) is 5.20. The van der Waals surface area contributed by atoms with Crippen molar-refractivity contribution in [1.29, 1.82) is 0 Å². The maximum absolute atomic E-state index is 12.9. The third-order valence-corrected chi connectivity index (χ3v) is 6.04. The second kappa shape index (κ2) is 6.05. The Balaban J connectivity index is 1.97. The Morgan fingerprint density at radius 2 is 1.44 bits per heavy atom. The third kappa shape index (κ3) is 3.44. The zero-order valence-electron chi connectivity index (χ0n) is 12.9. The molecule has 0 fully saturated rings. The first-order chi connectivity index (χ1) is 11.7. The molecule has 0 unspecified atom stereocenters. The van der Waals surface area contributed by atoms with E-state index in [-0.39, 0.29) is 15.6 Å². The van der Waals surface area contributed by atoms with E-state index in [1.165, 1.54) is 48.5 Å². The van der Waals surface area contributed by atoms with Crippen molar-refractivity contribution in [3.8, 4) is 11.4 Å². The summed E-state index contributed by atoms with van der Waals surface area (Å²) in [6.45, 7) is 0. The summed E-state index contributed by atoms with van der Waals surface area (Å²) in [6, 6.07) is 10.1. The minimum Gasteiger partial charge on any atom is -0.224 e. The van der Waals surface area contributed by atoms with Gasteiger partial charge in [0.25, 0.3) is 10.0 Å². The summed E-state index contributed by atoms with van der Waals surface area (Å²) in [7, 11) is -7.45. The van der Waals surface area contributed by atoms with Gasteiger partial charge in [0.05, 0.1) is 9.79 Å². The second-order valence-corrected chi connectivity index (χ2v) is 9.01. The number of halogens is 1. The third-order valence-electron chi connectivity index (χ3n) is 3.37. The van der Waals surface area contributed by atoms with E-state index in [1.807, 2.05) is 0 Å². The quantitative estimate of drug-likeness (QED) is 0.682. The van der Waals surface area contributed by atoms with Gasteiger partial charge in [-0.25, -0.2) is 17.8 Å². The van der Waals surface area contributed by atoms with Crippen molar-refractivity contribution in [1.82, 2.24) is 14.2 Å². The van der Waals surface area contributed by atoms with Crippen LogP contribution in [0, 0.1) is 5.82 Å². The summed E-state index contributed by atoms with van der Waals surface area (Å²) in [5.41, 5.74) is 0.461. The molecule has 0 atom stereocenters. The van der Waals surface area contributed by atoms with Gasteiger partial charge in [-0.05, 0) is 48.5 Å². The lowest BCUT2D eigenvalue weighted by molar-refractivity contribution is 0.579. The van der Waals surface area contributed by atoms with Crippen molar-refractivity contribution in [2.75, 3.05) is 6.26 Å². The molecule has 0 N–H and O–H groups in total. The average Bonchev–Trinajstić information content (AvgIpc) is 3.05. The summed E-state index contributed by atoms with van der Waals surface area (Å²) >= 11 is 0. The monoisotopic (exact) mass is 381 g/mol. The molecule has 3 rings (SSSR count).